The van der Waals surface area contributed by atoms with Crippen molar-refractivity contribution in [2.24, 2.45) is 0 Å². The van der Waals surface area contributed by atoms with Gasteiger partial charge < -0.3 is 14.6 Å². The van der Waals surface area contributed by atoms with Gasteiger partial charge in [0.2, 0.25) is 5.91 Å². The number of carbonyl (C=O) groups is 1. The van der Waals surface area contributed by atoms with Crippen molar-refractivity contribution in [2.45, 2.75) is 32.7 Å². The highest BCUT2D eigenvalue weighted by atomic mass is 35.5. The second kappa shape index (κ2) is 10.1. The van der Waals surface area contributed by atoms with E-state index in [0.717, 1.165) is 12.2 Å². The SMILES string of the molecule is CCCN(Cc1nc2cc(Cl)ccc2c(=O)[nH]1)C(=O)CCCOc1ccccc1. The Morgan fingerprint density at radius 1 is 1.21 bits per heavy atom. The number of hydrogen-bond acceptors (Lipinski definition) is 4. The summed E-state index contributed by atoms with van der Waals surface area (Å²) >= 11 is 6.02. The lowest BCUT2D eigenvalue weighted by Gasteiger charge is -2.21. The van der Waals surface area contributed by atoms with Crippen molar-refractivity contribution in [1.82, 2.24) is 14.9 Å². The van der Waals surface area contributed by atoms with Crippen LogP contribution in [-0.2, 0) is 11.3 Å². The summed E-state index contributed by atoms with van der Waals surface area (Å²) in [7, 11) is 0. The maximum Gasteiger partial charge on any atom is 0.258 e. The fraction of sp³-hybridized carbons (Fsp3) is 0.318. The average Bonchev–Trinajstić information content (AvgIpc) is 2.71. The van der Waals surface area contributed by atoms with Crippen LogP contribution in [0.1, 0.15) is 32.0 Å². The number of para-hydroxylation sites is 1. The summed E-state index contributed by atoms with van der Waals surface area (Å²) in [5, 5.41) is 0.992. The number of benzene rings is 2. The molecule has 0 spiro atoms. The fourth-order valence-electron chi connectivity index (χ4n) is 3.07. The molecule has 0 bridgehead atoms. The molecule has 1 N–H and O–H groups in total. The number of hydrogen-bond donors (Lipinski definition) is 1. The molecule has 0 aliphatic rings. The topological polar surface area (TPSA) is 75.3 Å². The van der Waals surface area contributed by atoms with E-state index in [1.807, 2.05) is 37.3 Å². The van der Waals surface area contributed by atoms with Gasteiger partial charge in [0.25, 0.3) is 5.56 Å². The number of nitrogens with zero attached hydrogens (tertiary/aromatic N) is 2. The molecule has 0 radical (unpaired) electrons. The molecule has 1 aromatic heterocycles. The molecule has 3 rings (SSSR count). The largest absolute Gasteiger partial charge is 0.494 e. The Morgan fingerprint density at radius 2 is 2.00 bits per heavy atom. The number of fused-ring (bicyclic) bond motifs is 1. The summed E-state index contributed by atoms with van der Waals surface area (Å²) in [4.78, 5) is 34.0. The van der Waals surface area contributed by atoms with Gasteiger partial charge in [-0.2, -0.15) is 0 Å². The molecule has 0 fully saturated rings. The third-order valence-corrected chi connectivity index (χ3v) is 4.69. The second-order valence-electron chi connectivity index (χ2n) is 6.75. The molecule has 0 aliphatic heterocycles. The summed E-state index contributed by atoms with van der Waals surface area (Å²) in [5.74, 6) is 1.26. The summed E-state index contributed by atoms with van der Waals surface area (Å²) in [5.41, 5.74) is 0.290. The van der Waals surface area contributed by atoms with Crippen molar-refractivity contribution in [3.63, 3.8) is 0 Å². The predicted octanol–water partition coefficient (Wildman–Crippen LogP) is 4.17. The summed E-state index contributed by atoms with van der Waals surface area (Å²) in [6.45, 7) is 3.33. The van der Waals surface area contributed by atoms with E-state index < -0.39 is 0 Å². The Bertz CT molecular complexity index is 1020. The highest BCUT2D eigenvalue weighted by Crippen LogP contribution is 2.15. The molecule has 3 aromatic rings. The van der Waals surface area contributed by atoms with E-state index in [2.05, 4.69) is 9.97 Å². The molecule has 7 heteroatoms. The number of H-pyrrole nitrogens is 1. The van der Waals surface area contributed by atoms with Crippen molar-refractivity contribution < 1.29 is 9.53 Å². The molecular formula is C22H24ClN3O3. The molecule has 0 unspecified atom stereocenters. The Kier molecular flexibility index (Phi) is 7.25. The molecule has 0 atom stereocenters. The van der Waals surface area contributed by atoms with Crippen LogP contribution in [0.2, 0.25) is 5.02 Å². The van der Waals surface area contributed by atoms with Gasteiger partial charge in [-0.25, -0.2) is 4.98 Å². The van der Waals surface area contributed by atoms with E-state index in [1.54, 1.807) is 23.1 Å². The first kappa shape index (κ1) is 20.9. The third kappa shape index (κ3) is 5.81. The van der Waals surface area contributed by atoms with Crippen LogP contribution >= 0.6 is 11.6 Å². The lowest BCUT2D eigenvalue weighted by atomic mass is 10.2. The molecule has 29 heavy (non-hydrogen) atoms. The second-order valence-corrected chi connectivity index (χ2v) is 7.19. The molecule has 1 heterocycles. The predicted molar refractivity (Wildman–Crippen MR) is 114 cm³/mol. The maximum absolute atomic E-state index is 12.7. The first-order valence-corrected chi connectivity index (χ1v) is 10.1. The molecule has 0 saturated heterocycles. The number of halogens is 1. The van der Waals surface area contributed by atoms with Crippen LogP contribution in [0.15, 0.2) is 53.3 Å². The van der Waals surface area contributed by atoms with Crippen LogP contribution < -0.4 is 10.3 Å². The van der Waals surface area contributed by atoms with Crippen LogP contribution in [0.25, 0.3) is 10.9 Å². The average molecular weight is 414 g/mol. The summed E-state index contributed by atoms with van der Waals surface area (Å²) in [6.07, 6.45) is 1.80. The number of carbonyl (C=O) groups excluding carboxylic acids is 1. The van der Waals surface area contributed by atoms with Gasteiger partial charge in [-0.05, 0) is 43.2 Å². The highest BCUT2D eigenvalue weighted by Gasteiger charge is 2.15. The third-order valence-electron chi connectivity index (χ3n) is 4.45. The van der Waals surface area contributed by atoms with Gasteiger partial charge in [-0.15, -0.1) is 0 Å². The van der Waals surface area contributed by atoms with Crippen LogP contribution in [-0.4, -0.2) is 33.9 Å². The zero-order valence-corrected chi connectivity index (χ0v) is 17.1. The van der Waals surface area contributed by atoms with E-state index in [1.165, 1.54) is 0 Å². The van der Waals surface area contributed by atoms with Gasteiger partial charge in [0.1, 0.15) is 11.6 Å². The monoisotopic (exact) mass is 413 g/mol. The van der Waals surface area contributed by atoms with Crippen LogP contribution in [0.4, 0.5) is 0 Å². The zero-order chi connectivity index (χ0) is 20.6. The quantitative estimate of drug-likeness (QED) is 0.534. The highest BCUT2D eigenvalue weighted by molar-refractivity contribution is 6.31. The molecular weight excluding hydrogens is 390 g/mol. The van der Waals surface area contributed by atoms with E-state index in [-0.39, 0.29) is 18.0 Å². The molecule has 152 valence electrons. The van der Waals surface area contributed by atoms with E-state index >= 15 is 0 Å². The van der Waals surface area contributed by atoms with Gasteiger partial charge in [-0.1, -0.05) is 36.7 Å². The molecule has 2 aromatic carbocycles. The number of aromatic amines is 1. The zero-order valence-electron chi connectivity index (χ0n) is 16.4. The smallest absolute Gasteiger partial charge is 0.258 e. The Labute approximate surface area is 174 Å². The Hall–Kier alpha value is -2.86. The van der Waals surface area contributed by atoms with Crippen LogP contribution in [0.5, 0.6) is 5.75 Å². The van der Waals surface area contributed by atoms with Gasteiger partial charge in [0.15, 0.2) is 0 Å². The minimum absolute atomic E-state index is 0.0114. The van der Waals surface area contributed by atoms with Gasteiger partial charge in [-0.3, -0.25) is 9.59 Å². The van der Waals surface area contributed by atoms with Crippen molar-refractivity contribution in [1.29, 1.82) is 0 Å². The number of aromatic nitrogens is 2. The Morgan fingerprint density at radius 3 is 2.76 bits per heavy atom. The number of nitrogens with one attached hydrogen (secondary N) is 1. The van der Waals surface area contributed by atoms with E-state index in [4.69, 9.17) is 16.3 Å². The normalized spacial score (nSPS) is 10.8. The van der Waals surface area contributed by atoms with Crippen LogP contribution in [0, 0.1) is 0 Å². The minimum Gasteiger partial charge on any atom is -0.494 e. The lowest BCUT2D eigenvalue weighted by molar-refractivity contribution is -0.132. The van der Waals surface area contributed by atoms with Gasteiger partial charge in [0.05, 0.1) is 24.1 Å². The van der Waals surface area contributed by atoms with Gasteiger partial charge >= 0.3 is 0 Å². The molecule has 1 amide bonds. The first-order chi connectivity index (χ1) is 14.1. The summed E-state index contributed by atoms with van der Waals surface area (Å²) < 4.78 is 5.65. The lowest BCUT2D eigenvalue weighted by Crippen LogP contribution is -2.32. The number of ether oxygens (including phenoxy) is 1. The van der Waals surface area contributed by atoms with Crippen molar-refractivity contribution in [3.8, 4) is 5.75 Å². The van der Waals surface area contributed by atoms with Crippen molar-refractivity contribution >= 4 is 28.4 Å². The fourth-order valence-corrected chi connectivity index (χ4v) is 3.23. The minimum atomic E-state index is -0.234. The maximum atomic E-state index is 12.7. The standard InChI is InChI=1S/C22H24ClN3O3/c1-2-12-26(21(27)9-6-13-29-17-7-4-3-5-8-17)15-20-24-19-14-16(23)10-11-18(19)22(28)25-20/h3-5,7-8,10-11,14H,2,6,9,12-13,15H2,1H3,(H,24,25,28). The molecule has 0 saturated carbocycles. The summed E-state index contributed by atoms with van der Waals surface area (Å²) in [6, 6.07) is 14.5. The van der Waals surface area contributed by atoms with Crippen LogP contribution in [0.3, 0.4) is 0 Å². The number of rotatable bonds is 9. The van der Waals surface area contributed by atoms with Crippen molar-refractivity contribution in [2.75, 3.05) is 13.2 Å². The molecule has 6 nitrogen and oxygen atoms in total. The van der Waals surface area contributed by atoms with Crippen molar-refractivity contribution in [3.05, 3.63) is 69.7 Å². The van der Waals surface area contributed by atoms with Gasteiger partial charge in [0, 0.05) is 18.0 Å². The number of amides is 1. The molecule has 0 aliphatic carbocycles. The Balaban J connectivity index is 1.62. The first-order valence-electron chi connectivity index (χ1n) is 9.71. The van der Waals surface area contributed by atoms with E-state index in [9.17, 15) is 9.59 Å². The van der Waals surface area contributed by atoms with E-state index in [0.29, 0.717) is 47.7 Å².